The molecule has 0 fully saturated rings. The first-order valence-corrected chi connectivity index (χ1v) is 8.08. The molecule has 0 saturated heterocycles. The molecule has 0 saturated carbocycles. The largest absolute Gasteiger partial charge is 0.445 e. The van der Waals surface area contributed by atoms with Gasteiger partial charge in [-0.2, -0.15) is 0 Å². The third kappa shape index (κ3) is 6.64. The first-order chi connectivity index (χ1) is 12.2. The van der Waals surface area contributed by atoms with Gasteiger partial charge in [0, 0.05) is 13.2 Å². The van der Waals surface area contributed by atoms with E-state index in [1.54, 1.807) is 0 Å². The molecule has 0 radical (unpaired) electrons. The van der Waals surface area contributed by atoms with E-state index in [1.165, 1.54) is 0 Å². The number of amides is 2. The van der Waals surface area contributed by atoms with Crippen LogP contribution in [0.25, 0.3) is 0 Å². The Morgan fingerprint density at radius 2 is 1.56 bits per heavy atom. The number of aliphatic hydroxyl groups excluding tert-OH is 1. The Hall–Kier alpha value is -2.86. The van der Waals surface area contributed by atoms with Gasteiger partial charge in [0.15, 0.2) is 0 Å². The summed E-state index contributed by atoms with van der Waals surface area (Å²) in [4.78, 5) is 24.1. The molecule has 132 valence electrons. The van der Waals surface area contributed by atoms with Crippen LogP contribution in [0.5, 0.6) is 0 Å². The normalized spacial score (nSPS) is 11.4. The number of aliphatic hydroxyl groups is 1. The van der Waals surface area contributed by atoms with E-state index >= 15 is 0 Å². The van der Waals surface area contributed by atoms with Crippen LogP contribution in [0.3, 0.4) is 0 Å². The molecular formula is C19H22N2O4. The Labute approximate surface area is 146 Å². The molecule has 0 aromatic heterocycles. The van der Waals surface area contributed by atoms with Crippen LogP contribution in [-0.4, -0.2) is 29.8 Å². The highest BCUT2D eigenvalue weighted by Gasteiger charge is 2.20. The van der Waals surface area contributed by atoms with Crippen LogP contribution in [-0.2, 0) is 22.7 Å². The summed E-state index contributed by atoms with van der Waals surface area (Å²) in [5, 5.41) is 14.4. The Balaban J connectivity index is 1.81. The van der Waals surface area contributed by atoms with Crippen molar-refractivity contribution in [2.45, 2.75) is 25.6 Å². The number of benzene rings is 2. The number of carbonyl (C=O) groups is 2. The van der Waals surface area contributed by atoms with Gasteiger partial charge in [0.05, 0.1) is 0 Å². The number of alkyl carbamates (subject to hydrolysis) is 1. The van der Waals surface area contributed by atoms with E-state index in [1.807, 2.05) is 60.7 Å². The van der Waals surface area contributed by atoms with Crippen LogP contribution in [0.2, 0.25) is 0 Å². The van der Waals surface area contributed by atoms with E-state index in [2.05, 4.69) is 10.6 Å². The molecule has 2 aromatic carbocycles. The Kier molecular flexibility index (Phi) is 7.46. The maximum atomic E-state index is 12.2. The van der Waals surface area contributed by atoms with Gasteiger partial charge in [-0.25, -0.2) is 4.79 Å². The smallest absolute Gasteiger partial charge is 0.408 e. The van der Waals surface area contributed by atoms with E-state index in [-0.39, 0.29) is 25.5 Å². The van der Waals surface area contributed by atoms with Crippen molar-refractivity contribution in [2.24, 2.45) is 0 Å². The second-order valence-corrected chi connectivity index (χ2v) is 5.47. The number of ether oxygens (including phenoxy) is 1. The van der Waals surface area contributed by atoms with Crippen LogP contribution < -0.4 is 10.6 Å². The number of rotatable bonds is 8. The molecule has 2 aromatic rings. The lowest BCUT2D eigenvalue weighted by molar-refractivity contribution is -0.123. The minimum absolute atomic E-state index is 0.112. The molecule has 6 heteroatoms. The zero-order chi connectivity index (χ0) is 17.9. The van der Waals surface area contributed by atoms with Crippen molar-refractivity contribution in [1.82, 2.24) is 10.6 Å². The quantitative estimate of drug-likeness (QED) is 0.684. The van der Waals surface area contributed by atoms with Gasteiger partial charge in [-0.3, -0.25) is 4.79 Å². The fraction of sp³-hybridized carbons (Fsp3) is 0.263. The Morgan fingerprint density at radius 1 is 0.960 bits per heavy atom. The molecule has 3 N–H and O–H groups in total. The number of hydrogen-bond donors (Lipinski definition) is 3. The molecule has 6 nitrogen and oxygen atoms in total. The highest BCUT2D eigenvalue weighted by molar-refractivity contribution is 5.85. The van der Waals surface area contributed by atoms with Crippen molar-refractivity contribution in [2.75, 3.05) is 6.61 Å². The predicted octanol–water partition coefficient (Wildman–Crippen LogP) is 1.98. The topological polar surface area (TPSA) is 87.7 Å². The maximum absolute atomic E-state index is 12.2. The minimum atomic E-state index is -0.850. The molecule has 0 aliphatic carbocycles. The molecule has 1 atom stereocenters. The molecule has 2 rings (SSSR count). The zero-order valence-electron chi connectivity index (χ0n) is 13.9. The van der Waals surface area contributed by atoms with Crippen molar-refractivity contribution in [3.8, 4) is 0 Å². The van der Waals surface area contributed by atoms with Crippen molar-refractivity contribution < 1.29 is 19.4 Å². The van der Waals surface area contributed by atoms with Gasteiger partial charge in [-0.15, -0.1) is 0 Å². The summed E-state index contributed by atoms with van der Waals surface area (Å²) in [7, 11) is 0. The third-order valence-corrected chi connectivity index (χ3v) is 3.55. The van der Waals surface area contributed by atoms with Crippen molar-refractivity contribution in [1.29, 1.82) is 0 Å². The Morgan fingerprint density at radius 3 is 2.16 bits per heavy atom. The van der Waals surface area contributed by atoms with Gasteiger partial charge in [0.25, 0.3) is 0 Å². The molecular weight excluding hydrogens is 320 g/mol. The molecule has 0 aliphatic rings. The lowest BCUT2D eigenvalue weighted by Crippen LogP contribution is -2.47. The third-order valence-electron chi connectivity index (χ3n) is 3.55. The van der Waals surface area contributed by atoms with Crippen molar-refractivity contribution in [3.63, 3.8) is 0 Å². The average Bonchev–Trinajstić information content (AvgIpc) is 2.66. The van der Waals surface area contributed by atoms with Crippen LogP contribution in [0.1, 0.15) is 17.5 Å². The average molecular weight is 342 g/mol. The van der Waals surface area contributed by atoms with Gasteiger partial charge < -0.3 is 20.5 Å². The highest BCUT2D eigenvalue weighted by Crippen LogP contribution is 2.02. The fourth-order valence-corrected chi connectivity index (χ4v) is 2.21. The summed E-state index contributed by atoms with van der Waals surface area (Å²) in [6, 6.07) is 17.8. The van der Waals surface area contributed by atoms with Gasteiger partial charge in [-0.05, 0) is 17.5 Å². The molecule has 0 heterocycles. The molecule has 0 unspecified atom stereocenters. The Bertz CT molecular complexity index is 662. The summed E-state index contributed by atoms with van der Waals surface area (Å²) < 4.78 is 5.11. The number of nitrogens with one attached hydrogen (secondary N) is 2. The lowest BCUT2D eigenvalue weighted by Gasteiger charge is -2.17. The van der Waals surface area contributed by atoms with Gasteiger partial charge in [0.1, 0.15) is 12.6 Å². The maximum Gasteiger partial charge on any atom is 0.408 e. The number of hydrogen-bond acceptors (Lipinski definition) is 4. The summed E-state index contributed by atoms with van der Waals surface area (Å²) in [6.45, 7) is 0.245. The second kappa shape index (κ2) is 10.1. The van der Waals surface area contributed by atoms with E-state index in [0.717, 1.165) is 11.1 Å². The molecule has 0 spiro atoms. The zero-order valence-corrected chi connectivity index (χ0v) is 13.9. The SMILES string of the molecule is O=C(N[C@H](CCO)C(=O)NCc1ccccc1)OCc1ccccc1. The second-order valence-electron chi connectivity index (χ2n) is 5.47. The van der Waals surface area contributed by atoms with Gasteiger partial charge in [-0.1, -0.05) is 60.7 Å². The fourth-order valence-electron chi connectivity index (χ4n) is 2.21. The van der Waals surface area contributed by atoms with E-state index in [9.17, 15) is 9.59 Å². The molecule has 0 bridgehead atoms. The summed E-state index contributed by atoms with van der Waals surface area (Å²) in [6.07, 6.45) is -0.585. The first-order valence-electron chi connectivity index (χ1n) is 8.08. The van der Waals surface area contributed by atoms with E-state index in [0.29, 0.717) is 6.54 Å². The van der Waals surface area contributed by atoms with Gasteiger partial charge >= 0.3 is 6.09 Å². The summed E-state index contributed by atoms with van der Waals surface area (Å²) in [5.74, 6) is -0.366. The minimum Gasteiger partial charge on any atom is -0.445 e. The van der Waals surface area contributed by atoms with Crippen LogP contribution >= 0.6 is 0 Å². The van der Waals surface area contributed by atoms with E-state index < -0.39 is 12.1 Å². The molecule has 0 aliphatic heterocycles. The van der Waals surface area contributed by atoms with Crippen molar-refractivity contribution >= 4 is 12.0 Å². The molecule has 25 heavy (non-hydrogen) atoms. The first kappa shape index (κ1) is 18.5. The highest BCUT2D eigenvalue weighted by atomic mass is 16.5. The summed E-state index contributed by atoms with van der Waals surface area (Å²) >= 11 is 0. The predicted molar refractivity (Wildman–Crippen MR) is 93.5 cm³/mol. The van der Waals surface area contributed by atoms with Crippen LogP contribution in [0, 0.1) is 0 Å². The number of carbonyl (C=O) groups excluding carboxylic acids is 2. The van der Waals surface area contributed by atoms with Crippen LogP contribution in [0.4, 0.5) is 4.79 Å². The molecule has 2 amide bonds. The van der Waals surface area contributed by atoms with Crippen molar-refractivity contribution in [3.05, 3.63) is 71.8 Å². The van der Waals surface area contributed by atoms with Gasteiger partial charge in [0.2, 0.25) is 5.91 Å². The monoisotopic (exact) mass is 342 g/mol. The van der Waals surface area contributed by atoms with E-state index in [4.69, 9.17) is 9.84 Å². The van der Waals surface area contributed by atoms with Crippen LogP contribution in [0.15, 0.2) is 60.7 Å². The summed E-state index contributed by atoms with van der Waals surface area (Å²) in [5.41, 5.74) is 1.80. The standard InChI is InChI=1S/C19H22N2O4/c22-12-11-17(18(23)20-13-15-7-3-1-4-8-15)21-19(24)25-14-16-9-5-2-6-10-16/h1-10,17,22H,11-14H2,(H,20,23)(H,21,24)/t17-/m1/s1. The lowest BCUT2D eigenvalue weighted by atomic mass is 10.2.